The van der Waals surface area contributed by atoms with E-state index < -0.39 is 10.0 Å². The van der Waals surface area contributed by atoms with E-state index in [9.17, 15) is 8.42 Å². The summed E-state index contributed by atoms with van der Waals surface area (Å²) >= 11 is 3.09. The molecule has 0 unspecified atom stereocenters. The lowest BCUT2D eigenvalue weighted by atomic mass is 10.1. The van der Waals surface area contributed by atoms with Gasteiger partial charge in [0.25, 0.3) is 0 Å². The fourth-order valence-electron chi connectivity index (χ4n) is 3.24. The number of aryl methyl sites for hydroxylation is 2. The summed E-state index contributed by atoms with van der Waals surface area (Å²) in [6, 6.07) is 7.25. The average Bonchev–Trinajstić information content (AvgIpc) is 3.42. The molecule has 0 amide bonds. The van der Waals surface area contributed by atoms with Gasteiger partial charge in [-0.1, -0.05) is 6.07 Å². The molecule has 3 aromatic heterocycles. The third-order valence-corrected chi connectivity index (χ3v) is 7.77. The minimum atomic E-state index is -3.62. The zero-order valence-corrected chi connectivity index (χ0v) is 19.3. The predicted octanol–water partition coefficient (Wildman–Crippen LogP) is 4.06. The lowest BCUT2D eigenvalue weighted by molar-refractivity contribution is 0.335. The van der Waals surface area contributed by atoms with Gasteiger partial charge in [0.15, 0.2) is 5.82 Å². The van der Waals surface area contributed by atoms with E-state index in [-0.39, 0.29) is 11.4 Å². The molecule has 4 aromatic rings. The van der Waals surface area contributed by atoms with Gasteiger partial charge in [-0.15, -0.1) is 27.8 Å². The largest absolute Gasteiger partial charge is 0.493 e. The van der Waals surface area contributed by atoms with Crippen LogP contribution in [0.3, 0.4) is 0 Å². The van der Waals surface area contributed by atoms with Crippen LogP contribution in [0.1, 0.15) is 23.7 Å². The minimum Gasteiger partial charge on any atom is -0.493 e. The Balaban J connectivity index is 1.47. The van der Waals surface area contributed by atoms with E-state index >= 15 is 0 Å². The van der Waals surface area contributed by atoms with E-state index in [1.807, 2.05) is 43.7 Å². The molecule has 1 N–H and O–H groups in total. The lowest BCUT2D eigenvalue weighted by Gasteiger charge is -2.13. The molecule has 10 heteroatoms. The normalized spacial score (nSPS) is 12.0. The number of thiazole rings is 1. The van der Waals surface area contributed by atoms with Crippen molar-refractivity contribution in [2.24, 2.45) is 0 Å². The van der Waals surface area contributed by atoms with Crippen LogP contribution in [0.4, 0.5) is 0 Å². The van der Waals surface area contributed by atoms with Crippen LogP contribution in [-0.2, 0) is 16.4 Å². The third kappa shape index (κ3) is 4.13. The number of ether oxygens (including phenoxy) is 1. The molecule has 0 saturated carbocycles. The molecule has 0 bridgehead atoms. The molecule has 1 aromatic carbocycles. The van der Waals surface area contributed by atoms with Gasteiger partial charge in [0.1, 0.15) is 5.75 Å². The van der Waals surface area contributed by atoms with Crippen molar-refractivity contribution in [1.82, 2.24) is 19.3 Å². The van der Waals surface area contributed by atoms with E-state index in [1.54, 1.807) is 28.0 Å². The van der Waals surface area contributed by atoms with Gasteiger partial charge in [0.2, 0.25) is 15.0 Å². The molecule has 158 valence electrons. The highest BCUT2D eigenvalue weighted by atomic mass is 32.2. The Morgan fingerprint density at radius 2 is 1.97 bits per heavy atom. The summed E-state index contributed by atoms with van der Waals surface area (Å²) in [6.45, 7) is 6.43. The van der Waals surface area contributed by atoms with Crippen molar-refractivity contribution in [3.8, 4) is 16.5 Å². The van der Waals surface area contributed by atoms with Crippen molar-refractivity contribution in [2.75, 3.05) is 13.2 Å². The van der Waals surface area contributed by atoms with Crippen LogP contribution in [-0.4, -0.2) is 36.2 Å². The molecule has 0 spiro atoms. The highest BCUT2D eigenvalue weighted by Crippen LogP contribution is 2.27. The number of thiophene rings is 1. The monoisotopic (exact) mass is 462 g/mol. The van der Waals surface area contributed by atoms with Crippen LogP contribution >= 0.6 is 22.7 Å². The van der Waals surface area contributed by atoms with Crippen molar-refractivity contribution in [2.45, 2.75) is 32.1 Å². The molecular weight excluding hydrogens is 440 g/mol. The quantitative estimate of drug-likeness (QED) is 0.427. The standard InChI is InChI=1S/C20H22N4O3S3/c1-4-27-18-13(2)10-16(11-14(18)3)30(25,26)21-8-7-15-12-29-20-22-19(23-24(15)20)17-6-5-9-28-17/h5-6,9-12,21H,4,7-8H2,1-3H3. The Labute approximate surface area is 183 Å². The van der Waals surface area contributed by atoms with Gasteiger partial charge in [0.05, 0.1) is 22.1 Å². The van der Waals surface area contributed by atoms with Crippen molar-refractivity contribution < 1.29 is 13.2 Å². The first kappa shape index (κ1) is 21.0. The zero-order chi connectivity index (χ0) is 21.3. The van der Waals surface area contributed by atoms with Gasteiger partial charge in [-0.2, -0.15) is 4.98 Å². The Morgan fingerprint density at radius 1 is 1.20 bits per heavy atom. The summed E-state index contributed by atoms with van der Waals surface area (Å²) in [5.74, 6) is 1.43. The summed E-state index contributed by atoms with van der Waals surface area (Å²) in [4.78, 5) is 6.61. The second-order valence-electron chi connectivity index (χ2n) is 6.80. The van der Waals surface area contributed by atoms with Gasteiger partial charge in [-0.25, -0.2) is 17.7 Å². The van der Waals surface area contributed by atoms with Crippen molar-refractivity contribution in [3.05, 3.63) is 51.8 Å². The highest BCUT2D eigenvalue weighted by molar-refractivity contribution is 7.89. The molecule has 0 aliphatic carbocycles. The van der Waals surface area contributed by atoms with Crippen LogP contribution in [0.5, 0.6) is 5.75 Å². The molecule has 0 aliphatic rings. The fourth-order valence-corrected chi connectivity index (χ4v) is 5.95. The number of hydrogen-bond donors (Lipinski definition) is 1. The van der Waals surface area contributed by atoms with Gasteiger partial charge in [0, 0.05) is 18.3 Å². The van der Waals surface area contributed by atoms with E-state index in [4.69, 9.17) is 4.74 Å². The zero-order valence-electron chi connectivity index (χ0n) is 16.9. The molecule has 0 aliphatic heterocycles. The predicted molar refractivity (Wildman–Crippen MR) is 120 cm³/mol. The first-order valence-electron chi connectivity index (χ1n) is 9.49. The van der Waals surface area contributed by atoms with Crippen molar-refractivity contribution in [1.29, 1.82) is 0 Å². The Kier molecular flexibility index (Phi) is 5.92. The van der Waals surface area contributed by atoms with Crippen LogP contribution in [0, 0.1) is 13.8 Å². The summed E-state index contributed by atoms with van der Waals surface area (Å²) < 4.78 is 35.6. The second-order valence-corrected chi connectivity index (χ2v) is 10.4. The Hall–Kier alpha value is -2.27. The van der Waals surface area contributed by atoms with E-state index in [1.165, 1.54) is 11.3 Å². The lowest BCUT2D eigenvalue weighted by Crippen LogP contribution is -2.26. The van der Waals surface area contributed by atoms with E-state index in [0.29, 0.717) is 18.9 Å². The maximum Gasteiger partial charge on any atom is 0.240 e. The van der Waals surface area contributed by atoms with Gasteiger partial charge in [-0.05, 0) is 55.5 Å². The topological polar surface area (TPSA) is 85.6 Å². The molecular formula is C20H22N4O3S3. The van der Waals surface area contributed by atoms with Crippen molar-refractivity contribution >= 4 is 37.7 Å². The third-order valence-electron chi connectivity index (χ3n) is 4.60. The van der Waals surface area contributed by atoms with Crippen LogP contribution < -0.4 is 9.46 Å². The smallest absolute Gasteiger partial charge is 0.240 e. The Bertz CT molecular complexity index is 1250. The van der Waals surface area contributed by atoms with E-state index in [0.717, 1.165) is 32.4 Å². The first-order valence-corrected chi connectivity index (χ1v) is 12.7. The molecule has 0 saturated heterocycles. The number of nitrogens with zero attached hydrogens (tertiary/aromatic N) is 3. The number of aromatic nitrogens is 3. The SMILES string of the molecule is CCOc1c(C)cc(S(=O)(=O)NCCc2csc3nc(-c4cccs4)nn23)cc1C. The molecule has 0 atom stereocenters. The van der Waals surface area contributed by atoms with Crippen LogP contribution in [0.15, 0.2) is 39.9 Å². The number of hydrogen-bond acceptors (Lipinski definition) is 7. The minimum absolute atomic E-state index is 0.247. The highest BCUT2D eigenvalue weighted by Gasteiger charge is 2.18. The molecule has 3 heterocycles. The van der Waals surface area contributed by atoms with Crippen LogP contribution in [0.2, 0.25) is 0 Å². The van der Waals surface area contributed by atoms with E-state index in [2.05, 4.69) is 14.8 Å². The van der Waals surface area contributed by atoms with Crippen molar-refractivity contribution in [3.63, 3.8) is 0 Å². The number of rotatable bonds is 8. The van der Waals surface area contributed by atoms with Gasteiger partial charge >= 0.3 is 0 Å². The Morgan fingerprint density at radius 3 is 2.63 bits per heavy atom. The molecule has 0 radical (unpaired) electrons. The second kappa shape index (κ2) is 8.46. The summed E-state index contributed by atoms with van der Waals surface area (Å²) in [5.41, 5.74) is 2.54. The number of sulfonamides is 1. The van der Waals surface area contributed by atoms with Crippen LogP contribution in [0.25, 0.3) is 15.7 Å². The average molecular weight is 463 g/mol. The number of benzene rings is 1. The number of fused-ring (bicyclic) bond motifs is 1. The summed E-state index contributed by atoms with van der Waals surface area (Å²) in [5, 5.41) is 8.53. The first-order chi connectivity index (χ1) is 14.4. The molecule has 7 nitrogen and oxygen atoms in total. The maximum absolute atomic E-state index is 12.8. The number of nitrogens with one attached hydrogen (secondary N) is 1. The molecule has 4 rings (SSSR count). The summed E-state index contributed by atoms with van der Waals surface area (Å²) in [7, 11) is -3.62. The molecule has 0 fully saturated rings. The van der Waals surface area contributed by atoms with Gasteiger partial charge < -0.3 is 4.74 Å². The summed E-state index contributed by atoms with van der Waals surface area (Å²) in [6.07, 6.45) is 0.515. The van der Waals surface area contributed by atoms with Gasteiger partial charge in [-0.3, -0.25) is 0 Å². The fraction of sp³-hybridized carbons (Fsp3) is 0.300. The molecule has 30 heavy (non-hydrogen) atoms. The maximum atomic E-state index is 12.8.